The molecule has 0 bridgehead atoms. The fourth-order valence-corrected chi connectivity index (χ4v) is 5.03. The molecule has 2 heterocycles. The number of amides is 2. The third-order valence-electron chi connectivity index (χ3n) is 6.89. The van der Waals surface area contributed by atoms with Gasteiger partial charge < -0.3 is 20.3 Å². The number of urea groups is 1. The van der Waals surface area contributed by atoms with E-state index in [0.717, 1.165) is 5.56 Å². The molecule has 1 aromatic heterocycles. The van der Waals surface area contributed by atoms with Gasteiger partial charge in [-0.1, -0.05) is 62.7 Å². The van der Waals surface area contributed by atoms with Crippen molar-refractivity contribution in [2.45, 2.75) is 45.8 Å². The summed E-state index contributed by atoms with van der Waals surface area (Å²) in [7, 11) is 0. The quantitative estimate of drug-likeness (QED) is 0.374. The molecule has 0 saturated carbocycles. The van der Waals surface area contributed by atoms with Crippen molar-refractivity contribution in [1.29, 1.82) is 0 Å². The zero-order valence-corrected chi connectivity index (χ0v) is 24.0. The van der Waals surface area contributed by atoms with Crippen LogP contribution in [0.3, 0.4) is 0 Å². The molecule has 2 aromatic carbocycles. The Morgan fingerprint density at radius 3 is 2.52 bits per heavy atom. The van der Waals surface area contributed by atoms with Crippen LogP contribution < -0.4 is 5.73 Å². The van der Waals surface area contributed by atoms with Crippen molar-refractivity contribution >= 4 is 17.6 Å². The van der Waals surface area contributed by atoms with Crippen LogP contribution in [0.25, 0.3) is 11.4 Å². The summed E-state index contributed by atoms with van der Waals surface area (Å²) in [6.07, 6.45) is 0.266. The second kappa shape index (κ2) is 13.1. The van der Waals surface area contributed by atoms with Gasteiger partial charge in [0.2, 0.25) is 0 Å². The number of carbonyl (C=O) groups excluding carboxylic acids is 1. The molecule has 1 aliphatic heterocycles. The number of alkyl halides is 1. The van der Waals surface area contributed by atoms with Crippen LogP contribution in [0.5, 0.6) is 0 Å². The number of hydrogen-bond donors (Lipinski definition) is 1. The second-order valence-corrected chi connectivity index (χ2v) is 11.5. The van der Waals surface area contributed by atoms with Gasteiger partial charge in [0.25, 0.3) is 0 Å². The maximum absolute atomic E-state index is 15.0. The van der Waals surface area contributed by atoms with Gasteiger partial charge in [-0.3, -0.25) is 0 Å². The van der Waals surface area contributed by atoms with E-state index in [-0.39, 0.29) is 30.4 Å². The summed E-state index contributed by atoms with van der Waals surface area (Å²) >= 11 is 6.20. The van der Waals surface area contributed by atoms with Crippen LogP contribution in [0, 0.1) is 11.2 Å². The fourth-order valence-electron chi connectivity index (χ4n) is 4.86. The molecule has 2 N–H and O–H groups in total. The molecule has 0 aliphatic carbocycles. The van der Waals surface area contributed by atoms with E-state index >= 15 is 0 Å². The minimum Gasteiger partial charge on any atom is -0.378 e. The Kier molecular flexibility index (Phi) is 9.76. The number of ether oxygens (including phenoxy) is 1. The zero-order chi connectivity index (χ0) is 28.9. The maximum atomic E-state index is 15.0. The summed E-state index contributed by atoms with van der Waals surface area (Å²) in [5.74, 6) is 0.149. The molecule has 216 valence electrons. The lowest BCUT2D eigenvalue weighted by Gasteiger charge is -2.42. The molecule has 0 spiro atoms. The van der Waals surface area contributed by atoms with Crippen LogP contribution in [-0.2, 0) is 11.3 Å². The van der Waals surface area contributed by atoms with E-state index in [1.807, 2.05) is 51.1 Å². The fraction of sp³-hybridized carbons (Fsp3) is 0.483. The van der Waals surface area contributed by atoms with Gasteiger partial charge in [0, 0.05) is 30.7 Å². The molecule has 4 rings (SSSR count). The lowest BCUT2D eigenvalue weighted by Crippen LogP contribution is -2.52. The van der Waals surface area contributed by atoms with Crippen LogP contribution >= 0.6 is 11.6 Å². The topological polar surface area (TPSA) is 89.5 Å². The highest BCUT2D eigenvalue weighted by molar-refractivity contribution is 6.30. The van der Waals surface area contributed by atoms with Gasteiger partial charge in [-0.25, -0.2) is 23.2 Å². The van der Waals surface area contributed by atoms with Crippen molar-refractivity contribution in [3.8, 4) is 11.4 Å². The van der Waals surface area contributed by atoms with Crippen molar-refractivity contribution in [3.05, 3.63) is 70.8 Å². The normalized spacial score (nSPS) is 15.6. The highest BCUT2D eigenvalue weighted by Crippen LogP contribution is 2.39. The number of nitrogens with two attached hydrogens (primary N) is 1. The highest BCUT2D eigenvalue weighted by atomic mass is 35.5. The Hall–Kier alpha value is -3.08. The van der Waals surface area contributed by atoms with Crippen LogP contribution in [-0.4, -0.2) is 76.2 Å². The molecule has 8 nitrogen and oxygen atoms in total. The van der Waals surface area contributed by atoms with Gasteiger partial charge in [-0.05, 0) is 35.6 Å². The van der Waals surface area contributed by atoms with Crippen molar-refractivity contribution in [2.24, 2.45) is 11.1 Å². The molecule has 1 saturated heterocycles. The molecule has 2 unspecified atom stereocenters. The van der Waals surface area contributed by atoms with Crippen molar-refractivity contribution in [1.82, 2.24) is 24.6 Å². The molecule has 2 atom stereocenters. The molecule has 3 aromatic rings. The van der Waals surface area contributed by atoms with Gasteiger partial charge in [-0.15, -0.1) is 0 Å². The molecular weight excluding hydrogens is 538 g/mol. The Morgan fingerprint density at radius 1 is 1.18 bits per heavy atom. The molecule has 1 aliphatic rings. The van der Waals surface area contributed by atoms with Gasteiger partial charge in [0.05, 0.1) is 31.4 Å². The van der Waals surface area contributed by atoms with Gasteiger partial charge >= 0.3 is 6.03 Å². The van der Waals surface area contributed by atoms with Gasteiger partial charge in [-0.2, -0.15) is 5.10 Å². The van der Waals surface area contributed by atoms with Gasteiger partial charge in [0.15, 0.2) is 11.6 Å². The van der Waals surface area contributed by atoms with Crippen molar-refractivity contribution < 1.29 is 18.3 Å². The maximum Gasteiger partial charge on any atom is 0.320 e. The second-order valence-electron chi connectivity index (χ2n) is 11.1. The van der Waals surface area contributed by atoms with Gasteiger partial charge in [0.1, 0.15) is 12.5 Å². The summed E-state index contributed by atoms with van der Waals surface area (Å²) in [5, 5.41) is 5.08. The minimum absolute atomic E-state index is 0.165. The zero-order valence-electron chi connectivity index (χ0n) is 23.2. The third-order valence-corrected chi connectivity index (χ3v) is 7.12. The number of halogens is 3. The Bertz CT molecular complexity index is 1280. The van der Waals surface area contributed by atoms with E-state index in [0.29, 0.717) is 43.7 Å². The number of hydrogen-bond acceptors (Lipinski definition) is 5. The highest BCUT2D eigenvalue weighted by Gasteiger charge is 2.40. The van der Waals surface area contributed by atoms with E-state index in [2.05, 4.69) is 0 Å². The standard InChI is InChI=1S/C29H37ClF2N6O2/c1-29(2,3)25(37(12-11-22(33)18-31)28(39)36-13-15-40-16-14-36)27-34-26(23-17-21(30)9-10-24(23)32)35-38(27)19-20-7-5-4-6-8-20/h4-10,17,22,25H,11-16,18-19,33H2,1-3H3. The first kappa shape index (κ1) is 29.9. The first-order valence-corrected chi connectivity index (χ1v) is 13.8. The third kappa shape index (κ3) is 7.16. The smallest absolute Gasteiger partial charge is 0.320 e. The molecular formula is C29H37ClF2N6O2. The van der Waals surface area contributed by atoms with E-state index in [1.54, 1.807) is 14.5 Å². The van der Waals surface area contributed by atoms with E-state index in [9.17, 15) is 13.6 Å². The van der Waals surface area contributed by atoms with Crippen molar-refractivity contribution in [3.63, 3.8) is 0 Å². The summed E-state index contributed by atoms with van der Waals surface area (Å²) in [5.41, 5.74) is 6.55. The summed E-state index contributed by atoms with van der Waals surface area (Å²) < 4.78 is 35.5. The molecule has 1 fully saturated rings. The number of morpholine rings is 1. The summed E-state index contributed by atoms with van der Waals surface area (Å²) in [6.45, 7) is 7.65. The largest absolute Gasteiger partial charge is 0.378 e. The van der Waals surface area contributed by atoms with E-state index in [1.165, 1.54) is 18.2 Å². The molecule has 2 amide bonds. The summed E-state index contributed by atoms with van der Waals surface area (Å²) in [6, 6.07) is 12.4. The molecule has 11 heteroatoms. The average Bonchev–Trinajstić information content (AvgIpc) is 3.34. The predicted molar refractivity (Wildman–Crippen MR) is 151 cm³/mol. The van der Waals surface area contributed by atoms with Crippen LogP contribution in [0.1, 0.15) is 44.6 Å². The first-order chi connectivity index (χ1) is 19.1. The number of nitrogens with zero attached hydrogens (tertiary/aromatic N) is 5. The van der Waals surface area contributed by atoms with E-state index in [4.69, 9.17) is 32.2 Å². The van der Waals surface area contributed by atoms with Crippen LogP contribution in [0.4, 0.5) is 13.6 Å². The monoisotopic (exact) mass is 574 g/mol. The predicted octanol–water partition coefficient (Wildman–Crippen LogP) is 5.31. The summed E-state index contributed by atoms with van der Waals surface area (Å²) in [4.78, 5) is 22.3. The van der Waals surface area contributed by atoms with Crippen molar-refractivity contribution in [2.75, 3.05) is 39.5 Å². The lowest BCUT2D eigenvalue weighted by atomic mass is 9.84. The lowest BCUT2D eigenvalue weighted by molar-refractivity contribution is 0.0275. The SMILES string of the molecule is CC(C)(C)C(c1nc(-c2cc(Cl)ccc2F)nn1Cc1ccccc1)N(CCC(N)CF)C(=O)N1CCOCC1. The minimum atomic E-state index is -0.709. The Morgan fingerprint density at radius 2 is 1.88 bits per heavy atom. The molecule has 40 heavy (non-hydrogen) atoms. The Balaban J connectivity index is 1.85. The molecule has 0 radical (unpaired) electrons. The Labute approximate surface area is 239 Å². The van der Waals surface area contributed by atoms with Crippen LogP contribution in [0.2, 0.25) is 5.02 Å². The number of carbonyl (C=O) groups is 1. The first-order valence-electron chi connectivity index (χ1n) is 13.5. The number of rotatable bonds is 9. The average molecular weight is 575 g/mol. The van der Waals surface area contributed by atoms with Crippen LogP contribution in [0.15, 0.2) is 48.5 Å². The number of benzene rings is 2. The number of aromatic nitrogens is 3. The van der Waals surface area contributed by atoms with E-state index < -0.39 is 30.0 Å².